The van der Waals surface area contributed by atoms with Crippen LogP contribution in [0, 0.1) is 6.92 Å². The molecular formula is C20H16BrN3. The van der Waals surface area contributed by atoms with E-state index in [4.69, 9.17) is 4.98 Å². The van der Waals surface area contributed by atoms with Crippen LogP contribution < -0.4 is 5.32 Å². The van der Waals surface area contributed by atoms with Crippen molar-refractivity contribution in [3.05, 3.63) is 83.0 Å². The Hall–Kier alpha value is -2.59. The predicted molar refractivity (Wildman–Crippen MR) is 103 cm³/mol. The molecule has 24 heavy (non-hydrogen) atoms. The first kappa shape index (κ1) is 15.0. The molecule has 0 amide bonds. The van der Waals surface area contributed by atoms with Crippen LogP contribution in [0.2, 0.25) is 0 Å². The van der Waals surface area contributed by atoms with Gasteiger partial charge in [-0.3, -0.25) is 4.40 Å². The first-order chi connectivity index (χ1) is 11.7. The Labute approximate surface area is 149 Å². The van der Waals surface area contributed by atoms with Crippen LogP contribution in [0.15, 0.2) is 77.4 Å². The third-order valence-electron chi connectivity index (χ3n) is 3.94. The third kappa shape index (κ3) is 2.81. The first-order valence-electron chi connectivity index (χ1n) is 7.77. The van der Waals surface area contributed by atoms with Crippen LogP contribution in [0.5, 0.6) is 0 Å². The number of anilines is 2. The van der Waals surface area contributed by atoms with Crippen molar-refractivity contribution in [2.45, 2.75) is 6.92 Å². The molecule has 0 bridgehead atoms. The normalized spacial score (nSPS) is 10.9. The van der Waals surface area contributed by atoms with E-state index in [2.05, 4.69) is 69.0 Å². The van der Waals surface area contributed by atoms with E-state index in [1.165, 1.54) is 5.56 Å². The number of pyridine rings is 1. The molecule has 0 spiro atoms. The number of imidazole rings is 1. The second kappa shape index (κ2) is 6.13. The van der Waals surface area contributed by atoms with Gasteiger partial charge in [0.15, 0.2) is 0 Å². The molecule has 2 aromatic heterocycles. The highest BCUT2D eigenvalue weighted by molar-refractivity contribution is 9.10. The Bertz CT molecular complexity index is 989. The maximum Gasteiger partial charge on any atom is 0.143 e. The van der Waals surface area contributed by atoms with Crippen molar-refractivity contribution in [3.8, 4) is 11.3 Å². The monoisotopic (exact) mass is 377 g/mol. The van der Waals surface area contributed by atoms with Gasteiger partial charge in [-0.25, -0.2) is 4.98 Å². The van der Waals surface area contributed by atoms with Crippen LogP contribution >= 0.6 is 15.9 Å². The predicted octanol–water partition coefficient (Wildman–Crippen LogP) is 5.82. The lowest BCUT2D eigenvalue weighted by molar-refractivity contribution is 1.17. The SMILES string of the molecule is Cc1ccc(Nc2c(-c3ccccc3)nc3ccc(Br)cn23)cc1. The number of aromatic nitrogens is 2. The fraction of sp³-hybridized carbons (Fsp3) is 0.0500. The van der Waals surface area contributed by atoms with Crippen LogP contribution in [0.25, 0.3) is 16.9 Å². The molecule has 3 nitrogen and oxygen atoms in total. The lowest BCUT2D eigenvalue weighted by atomic mass is 10.1. The standard InChI is InChI=1S/C20H16BrN3/c1-14-7-10-17(11-8-14)22-20-19(15-5-3-2-4-6-15)23-18-12-9-16(21)13-24(18)20/h2-13,22H,1H3. The molecule has 118 valence electrons. The molecule has 2 aromatic carbocycles. The molecule has 0 atom stereocenters. The van der Waals surface area contributed by atoms with Gasteiger partial charge in [-0.15, -0.1) is 0 Å². The van der Waals surface area contributed by atoms with Gasteiger partial charge in [0.2, 0.25) is 0 Å². The van der Waals surface area contributed by atoms with Crippen LogP contribution in [0.1, 0.15) is 5.56 Å². The molecular weight excluding hydrogens is 362 g/mol. The molecule has 4 heteroatoms. The second-order valence-corrected chi connectivity index (χ2v) is 6.66. The van der Waals surface area contributed by atoms with E-state index < -0.39 is 0 Å². The fourth-order valence-corrected chi connectivity index (χ4v) is 3.05. The van der Waals surface area contributed by atoms with E-state index in [1.807, 2.05) is 36.5 Å². The van der Waals surface area contributed by atoms with E-state index in [0.29, 0.717) is 0 Å². The fourth-order valence-electron chi connectivity index (χ4n) is 2.71. The van der Waals surface area contributed by atoms with Gasteiger partial charge in [0.1, 0.15) is 17.2 Å². The van der Waals surface area contributed by atoms with Crippen LogP contribution in [0.4, 0.5) is 11.5 Å². The number of hydrogen-bond donors (Lipinski definition) is 1. The van der Waals surface area contributed by atoms with Crippen molar-refractivity contribution in [3.63, 3.8) is 0 Å². The molecule has 0 saturated carbocycles. The zero-order valence-corrected chi connectivity index (χ0v) is 14.8. The molecule has 1 N–H and O–H groups in total. The Morgan fingerprint density at radius 1 is 0.917 bits per heavy atom. The minimum Gasteiger partial charge on any atom is -0.339 e. The summed E-state index contributed by atoms with van der Waals surface area (Å²) < 4.78 is 3.09. The van der Waals surface area contributed by atoms with Gasteiger partial charge < -0.3 is 5.32 Å². The first-order valence-corrected chi connectivity index (χ1v) is 8.57. The highest BCUT2D eigenvalue weighted by Gasteiger charge is 2.14. The van der Waals surface area contributed by atoms with Crippen molar-refractivity contribution in [1.82, 2.24) is 9.38 Å². The van der Waals surface area contributed by atoms with Gasteiger partial charge in [-0.05, 0) is 47.1 Å². The summed E-state index contributed by atoms with van der Waals surface area (Å²) in [6, 6.07) is 22.6. The minimum atomic E-state index is 0.909. The lowest BCUT2D eigenvalue weighted by Crippen LogP contribution is -1.97. The Balaban J connectivity index is 1.90. The van der Waals surface area contributed by atoms with Crippen molar-refractivity contribution in [2.24, 2.45) is 0 Å². The summed E-state index contributed by atoms with van der Waals surface area (Å²) in [4.78, 5) is 4.82. The number of benzene rings is 2. The zero-order valence-electron chi connectivity index (χ0n) is 13.2. The maximum absolute atomic E-state index is 4.82. The second-order valence-electron chi connectivity index (χ2n) is 5.74. The van der Waals surface area contributed by atoms with E-state index in [0.717, 1.165) is 32.9 Å². The number of rotatable bonds is 3. The van der Waals surface area contributed by atoms with Crippen molar-refractivity contribution >= 4 is 33.1 Å². The topological polar surface area (TPSA) is 29.3 Å². The molecule has 0 radical (unpaired) electrons. The van der Waals surface area contributed by atoms with E-state index in [-0.39, 0.29) is 0 Å². The van der Waals surface area contributed by atoms with Crippen molar-refractivity contribution in [2.75, 3.05) is 5.32 Å². The molecule has 0 saturated heterocycles. The largest absolute Gasteiger partial charge is 0.339 e. The Morgan fingerprint density at radius 2 is 1.67 bits per heavy atom. The third-order valence-corrected chi connectivity index (χ3v) is 4.41. The van der Waals surface area contributed by atoms with Gasteiger partial charge in [-0.1, -0.05) is 48.0 Å². The van der Waals surface area contributed by atoms with Gasteiger partial charge in [-0.2, -0.15) is 0 Å². The average Bonchev–Trinajstić information content (AvgIpc) is 2.95. The molecule has 2 heterocycles. The van der Waals surface area contributed by atoms with Gasteiger partial charge >= 0.3 is 0 Å². The van der Waals surface area contributed by atoms with E-state index in [1.54, 1.807) is 0 Å². The zero-order chi connectivity index (χ0) is 16.5. The number of nitrogens with one attached hydrogen (secondary N) is 1. The van der Waals surface area contributed by atoms with Crippen molar-refractivity contribution < 1.29 is 0 Å². The molecule has 0 unspecified atom stereocenters. The lowest BCUT2D eigenvalue weighted by Gasteiger charge is -2.09. The summed E-state index contributed by atoms with van der Waals surface area (Å²) in [7, 11) is 0. The molecule has 0 aliphatic carbocycles. The summed E-state index contributed by atoms with van der Waals surface area (Å²) in [6.45, 7) is 2.09. The van der Waals surface area contributed by atoms with Crippen LogP contribution in [-0.4, -0.2) is 9.38 Å². The summed E-state index contributed by atoms with van der Waals surface area (Å²) in [5.74, 6) is 0.960. The maximum atomic E-state index is 4.82. The van der Waals surface area contributed by atoms with Gasteiger partial charge in [0, 0.05) is 21.9 Å². The van der Waals surface area contributed by atoms with E-state index in [9.17, 15) is 0 Å². The van der Waals surface area contributed by atoms with Crippen molar-refractivity contribution in [1.29, 1.82) is 0 Å². The highest BCUT2D eigenvalue weighted by Crippen LogP contribution is 2.31. The summed E-state index contributed by atoms with van der Waals surface area (Å²) in [5.41, 5.74) is 5.22. The Morgan fingerprint density at radius 3 is 2.42 bits per heavy atom. The summed E-state index contributed by atoms with van der Waals surface area (Å²) in [5, 5.41) is 3.53. The molecule has 4 aromatic rings. The smallest absolute Gasteiger partial charge is 0.143 e. The van der Waals surface area contributed by atoms with Gasteiger partial charge in [0.05, 0.1) is 0 Å². The summed E-state index contributed by atoms with van der Waals surface area (Å²) in [6.07, 6.45) is 2.03. The van der Waals surface area contributed by atoms with Crippen LogP contribution in [0.3, 0.4) is 0 Å². The van der Waals surface area contributed by atoms with Crippen LogP contribution in [-0.2, 0) is 0 Å². The number of hydrogen-bond acceptors (Lipinski definition) is 2. The summed E-state index contributed by atoms with van der Waals surface area (Å²) >= 11 is 3.55. The molecule has 0 aliphatic heterocycles. The number of halogens is 1. The molecule has 0 fully saturated rings. The average molecular weight is 378 g/mol. The number of fused-ring (bicyclic) bond motifs is 1. The molecule has 0 aliphatic rings. The van der Waals surface area contributed by atoms with Gasteiger partial charge in [0.25, 0.3) is 0 Å². The highest BCUT2D eigenvalue weighted by atomic mass is 79.9. The quantitative estimate of drug-likeness (QED) is 0.487. The molecule has 4 rings (SSSR count). The number of nitrogens with zero attached hydrogens (tertiary/aromatic N) is 2. The Kier molecular flexibility index (Phi) is 3.82. The minimum absolute atomic E-state index is 0.909. The number of aryl methyl sites for hydroxylation is 1. The van der Waals surface area contributed by atoms with E-state index >= 15 is 0 Å².